The number of hydrogen-bond acceptors (Lipinski definition) is 5. The number of aromatic hydroxyl groups is 1. The molecule has 0 aliphatic heterocycles. The first kappa shape index (κ1) is 16.9. The molecule has 122 valence electrons. The third-order valence-electron chi connectivity index (χ3n) is 2.96. The highest BCUT2D eigenvalue weighted by Gasteiger charge is 2.03. The van der Waals surface area contributed by atoms with Crippen LogP contribution in [-0.4, -0.2) is 28.3 Å². The topological polar surface area (TPSA) is 111 Å². The van der Waals surface area contributed by atoms with Crippen molar-refractivity contribution in [2.24, 2.45) is 5.10 Å². The summed E-state index contributed by atoms with van der Waals surface area (Å²) in [6.07, 6.45) is 4.07. The second-order valence-electron chi connectivity index (χ2n) is 4.73. The Morgan fingerprint density at radius 3 is 2.46 bits per heavy atom. The number of carbonyl (C=O) groups is 2. The van der Waals surface area contributed by atoms with Crippen LogP contribution in [0.2, 0.25) is 0 Å². The number of amides is 2. The van der Waals surface area contributed by atoms with E-state index in [-0.39, 0.29) is 5.75 Å². The molecule has 0 heterocycles. The Balaban J connectivity index is 1.95. The van der Waals surface area contributed by atoms with Crippen LogP contribution in [0.5, 0.6) is 5.75 Å². The largest absolute Gasteiger partial charge is 0.508 e. The predicted octanol–water partition coefficient (Wildman–Crippen LogP) is 1.67. The predicted molar refractivity (Wildman–Crippen MR) is 88.6 cm³/mol. The van der Waals surface area contributed by atoms with Crippen LogP contribution >= 0.6 is 0 Å². The fourth-order valence-electron chi connectivity index (χ4n) is 1.79. The molecule has 2 aromatic rings. The average molecular weight is 325 g/mol. The van der Waals surface area contributed by atoms with E-state index in [1.54, 1.807) is 36.4 Å². The smallest absolute Gasteiger partial charge is 0.271 e. The van der Waals surface area contributed by atoms with Crippen LogP contribution in [0, 0.1) is 0 Å². The van der Waals surface area contributed by atoms with Crippen LogP contribution in [0.1, 0.15) is 21.5 Å². The normalized spacial score (nSPS) is 10.9. The Hall–Kier alpha value is -3.45. The van der Waals surface area contributed by atoms with E-state index in [1.807, 2.05) is 0 Å². The van der Waals surface area contributed by atoms with E-state index in [4.69, 9.17) is 5.21 Å². The monoisotopic (exact) mass is 325 g/mol. The van der Waals surface area contributed by atoms with Crippen molar-refractivity contribution in [3.8, 4) is 5.75 Å². The van der Waals surface area contributed by atoms with Crippen LogP contribution in [0.4, 0.5) is 0 Å². The highest BCUT2D eigenvalue weighted by Crippen LogP contribution is 2.09. The molecule has 0 saturated heterocycles. The molecule has 0 saturated carbocycles. The number of nitrogens with one attached hydrogen (secondary N) is 2. The second kappa shape index (κ2) is 8.25. The van der Waals surface area contributed by atoms with Gasteiger partial charge in [0.05, 0.1) is 6.21 Å². The van der Waals surface area contributed by atoms with Gasteiger partial charge >= 0.3 is 0 Å². The lowest BCUT2D eigenvalue weighted by Gasteiger charge is -2.01. The fraction of sp³-hybridized carbons (Fsp3) is 0. The van der Waals surface area contributed by atoms with Gasteiger partial charge in [-0.05, 0) is 41.5 Å². The highest BCUT2D eigenvalue weighted by atomic mass is 16.5. The van der Waals surface area contributed by atoms with Crippen LogP contribution in [0.15, 0.2) is 59.7 Å². The van der Waals surface area contributed by atoms with Crippen molar-refractivity contribution in [1.29, 1.82) is 0 Å². The molecule has 2 amide bonds. The van der Waals surface area contributed by atoms with Crippen molar-refractivity contribution >= 4 is 24.1 Å². The number of rotatable bonds is 5. The summed E-state index contributed by atoms with van der Waals surface area (Å²) in [5.41, 5.74) is 5.60. The maximum Gasteiger partial charge on any atom is 0.271 e. The zero-order chi connectivity index (χ0) is 17.4. The van der Waals surface area contributed by atoms with Gasteiger partial charge in [-0.15, -0.1) is 0 Å². The van der Waals surface area contributed by atoms with Gasteiger partial charge in [0.2, 0.25) is 0 Å². The number of nitrogens with zero attached hydrogens (tertiary/aromatic N) is 1. The van der Waals surface area contributed by atoms with Crippen LogP contribution < -0.4 is 10.9 Å². The van der Waals surface area contributed by atoms with Gasteiger partial charge in [-0.1, -0.05) is 24.3 Å². The Morgan fingerprint density at radius 1 is 1.04 bits per heavy atom. The lowest BCUT2D eigenvalue weighted by Crippen LogP contribution is -2.17. The first-order valence-corrected chi connectivity index (χ1v) is 6.93. The van der Waals surface area contributed by atoms with Crippen molar-refractivity contribution in [3.05, 3.63) is 71.3 Å². The van der Waals surface area contributed by atoms with Crippen LogP contribution in [-0.2, 0) is 4.79 Å². The molecular formula is C17H15N3O4. The van der Waals surface area contributed by atoms with Gasteiger partial charge in [0, 0.05) is 11.6 Å². The van der Waals surface area contributed by atoms with E-state index in [2.05, 4.69) is 10.5 Å². The van der Waals surface area contributed by atoms with E-state index in [1.165, 1.54) is 29.9 Å². The van der Waals surface area contributed by atoms with E-state index in [0.717, 1.165) is 6.08 Å². The summed E-state index contributed by atoms with van der Waals surface area (Å²) in [5.74, 6) is -0.920. The third-order valence-corrected chi connectivity index (χ3v) is 2.96. The van der Waals surface area contributed by atoms with Crippen LogP contribution in [0.25, 0.3) is 6.08 Å². The number of phenols is 1. The molecule has 0 aliphatic carbocycles. The summed E-state index contributed by atoms with van der Waals surface area (Å²) >= 11 is 0. The van der Waals surface area contributed by atoms with Crippen molar-refractivity contribution in [1.82, 2.24) is 10.9 Å². The number of carbonyl (C=O) groups excluding carboxylic acids is 2. The van der Waals surface area contributed by atoms with Gasteiger partial charge in [-0.25, -0.2) is 10.9 Å². The number of hydrazone groups is 1. The van der Waals surface area contributed by atoms with Crippen molar-refractivity contribution in [2.75, 3.05) is 0 Å². The molecule has 0 radical (unpaired) electrons. The number of hydroxylamine groups is 1. The molecule has 0 aromatic heterocycles. The average Bonchev–Trinajstić information content (AvgIpc) is 2.60. The first-order chi connectivity index (χ1) is 11.6. The SMILES string of the molecule is O=C(/C=C/c1ccc(C(=O)N/N=C/c2cccc(O)c2)cc1)NO. The van der Waals surface area contributed by atoms with E-state index >= 15 is 0 Å². The van der Waals surface area contributed by atoms with Gasteiger partial charge in [-0.2, -0.15) is 5.10 Å². The molecule has 2 rings (SSSR count). The van der Waals surface area contributed by atoms with E-state index < -0.39 is 11.8 Å². The van der Waals surface area contributed by atoms with Crippen molar-refractivity contribution in [3.63, 3.8) is 0 Å². The summed E-state index contributed by atoms with van der Waals surface area (Å²) in [7, 11) is 0. The Bertz CT molecular complexity index is 783. The van der Waals surface area contributed by atoms with Crippen LogP contribution in [0.3, 0.4) is 0 Å². The van der Waals surface area contributed by atoms with E-state index in [9.17, 15) is 14.7 Å². The molecule has 7 heteroatoms. The standard InChI is InChI=1S/C17H15N3O4/c21-15-3-1-2-13(10-15)11-18-19-17(23)14-7-4-12(5-8-14)6-9-16(22)20-24/h1-11,21,24H,(H,19,23)(H,20,22)/b9-6+,18-11+. The van der Waals surface area contributed by atoms with Gasteiger partial charge < -0.3 is 5.11 Å². The maximum absolute atomic E-state index is 11.9. The number of benzene rings is 2. The quantitative estimate of drug-likeness (QED) is 0.290. The van der Waals surface area contributed by atoms with Crippen molar-refractivity contribution in [2.45, 2.75) is 0 Å². The summed E-state index contributed by atoms with van der Waals surface area (Å²) in [6, 6.07) is 12.9. The molecule has 0 unspecified atom stereocenters. The Morgan fingerprint density at radius 2 is 1.79 bits per heavy atom. The zero-order valence-electron chi connectivity index (χ0n) is 12.5. The summed E-state index contributed by atoms with van der Waals surface area (Å²) < 4.78 is 0. The molecule has 24 heavy (non-hydrogen) atoms. The van der Waals surface area contributed by atoms with E-state index in [0.29, 0.717) is 16.7 Å². The number of phenolic OH excluding ortho intramolecular Hbond substituents is 1. The van der Waals surface area contributed by atoms with Crippen molar-refractivity contribution < 1.29 is 19.9 Å². The summed E-state index contributed by atoms with van der Waals surface area (Å²) in [6.45, 7) is 0. The molecule has 0 aliphatic rings. The lowest BCUT2D eigenvalue weighted by molar-refractivity contribution is -0.124. The molecule has 4 N–H and O–H groups in total. The third kappa shape index (κ3) is 5.08. The molecule has 0 bridgehead atoms. The van der Waals surface area contributed by atoms with Gasteiger partial charge in [-0.3, -0.25) is 14.8 Å². The summed E-state index contributed by atoms with van der Waals surface area (Å²) in [4.78, 5) is 22.8. The Labute approximate surface area is 137 Å². The second-order valence-corrected chi connectivity index (χ2v) is 4.73. The molecule has 0 spiro atoms. The van der Waals surface area contributed by atoms with Gasteiger partial charge in [0.25, 0.3) is 11.8 Å². The van der Waals surface area contributed by atoms with Gasteiger partial charge in [0.15, 0.2) is 0 Å². The minimum absolute atomic E-state index is 0.115. The molecular weight excluding hydrogens is 310 g/mol. The Kier molecular flexibility index (Phi) is 5.82. The zero-order valence-corrected chi connectivity index (χ0v) is 12.5. The minimum Gasteiger partial charge on any atom is -0.508 e. The lowest BCUT2D eigenvalue weighted by atomic mass is 10.1. The molecule has 2 aromatic carbocycles. The first-order valence-electron chi connectivity index (χ1n) is 6.93. The fourth-order valence-corrected chi connectivity index (χ4v) is 1.79. The van der Waals surface area contributed by atoms with Gasteiger partial charge in [0.1, 0.15) is 5.75 Å². The molecule has 7 nitrogen and oxygen atoms in total. The number of hydrogen-bond donors (Lipinski definition) is 4. The summed E-state index contributed by atoms with van der Waals surface area (Å²) in [5, 5.41) is 21.5. The highest BCUT2D eigenvalue weighted by molar-refractivity contribution is 5.95. The molecule has 0 fully saturated rings. The maximum atomic E-state index is 11.9. The molecule has 0 atom stereocenters. The minimum atomic E-state index is -0.641.